The predicted molar refractivity (Wildman–Crippen MR) is 73.0 cm³/mol. The molecule has 0 saturated carbocycles. The molecule has 0 aromatic carbocycles. The van der Waals surface area contributed by atoms with Crippen LogP contribution in [-0.4, -0.2) is 23.1 Å². The topological polar surface area (TPSA) is 18.8 Å². The number of allylic oxidation sites excluding steroid dienone is 2. The van der Waals surface area contributed by atoms with E-state index in [1.165, 1.54) is 6.21 Å². The number of rotatable bonds is 2. The molecule has 96 valence electrons. The first-order valence-corrected chi connectivity index (χ1v) is 6.04. The highest BCUT2D eigenvalue weighted by Crippen LogP contribution is 2.17. The molecule has 2 heterocycles. The van der Waals surface area contributed by atoms with Gasteiger partial charge in [0, 0.05) is 29.6 Å². The highest BCUT2D eigenvalue weighted by Gasteiger charge is 2.37. The average Bonchev–Trinajstić information content (AvgIpc) is 2.90. The van der Waals surface area contributed by atoms with E-state index in [4.69, 9.17) is 0 Å². The number of aryl methyl sites for hydroxylation is 2. The van der Waals surface area contributed by atoms with Crippen LogP contribution in [0.4, 0.5) is 8.63 Å². The SMILES string of the molecule is CC.Cc1cc(C)c(/C=C2/C=CC=[N+]2B(F)F)[nH]1. The van der Waals surface area contributed by atoms with Crippen molar-refractivity contribution in [2.75, 3.05) is 0 Å². The van der Waals surface area contributed by atoms with E-state index in [-0.39, 0.29) is 0 Å². The molecule has 0 spiro atoms. The summed E-state index contributed by atoms with van der Waals surface area (Å²) in [5.74, 6) is 0. The Morgan fingerprint density at radius 3 is 2.44 bits per heavy atom. The Kier molecular flexibility index (Phi) is 5.07. The average molecular weight is 251 g/mol. The Balaban J connectivity index is 0.000000771. The summed E-state index contributed by atoms with van der Waals surface area (Å²) >= 11 is 0. The second-order valence-corrected chi connectivity index (χ2v) is 3.81. The summed E-state index contributed by atoms with van der Waals surface area (Å²) < 4.78 is 26.1. The molecular formula is C13H18BF2N2+. The zero-order valence-electron chi connectivity index (χ0n) is 11.2. The molecule has 0 saturated heterocycles. The Morgan fingerprint density at radius 2 is 1.94 bits per heavy atom. The van der Waals surface area contributed by atoms with Crippen molar-refractivity contribution < 1.29 is 13.1 Å². The van der Waals surface area contributed by atoms with E-state index in [2.05, 4.69) is 4.98 Å². The van der Waals surface area contributed by atoms with Crippen LogP contribution in [0.15, 0.2) is 23.9 Å². The van der Waals surface area contributed by atoms with Crippen LogP contribution in [0.25, 0.3) is 6.08 Å². The molecule has 5 heteroatoms. The van der Waals surface area contributed by atoms with E-state index in [1.54, 1.807) is 18.2 Å². The lowest BCUT2D eigenvalue weighted by molar-refractivity contribution is -0.335. The zero-order valence-corrected chi connectivity index (χ0v) is 11.2. The maximum atomic E-state index is 12.6. The maximum Gasteiger partial charge on any atom is 0.934 e. The molecule has 1 aromatic rings. The van der Waals surface area contributed by atoms with Crippen molar-refractivity contribution in [3.63, 3.8) is 0 Å². The largest absolute Gasteiger partial charge is 0.934 e. The van der Waals surface area contributed by atoms with Gasteiger partial charge in [0.1, 0.15) is 6.21 Å². The second kappa shape index (κ2) is 6.33. The number of nitrogens with one attached hydrogen (secondary N) is 1. The van der Waals surface area contributed by atoms with Crippen molar-refractivity contribution in [2.24, 2.45) is 0 Å². The monoisotopic (exact) mass is 251 g/mol. The minimum Gasteiger partial charge on any atom is -0.359 e. The van der Waals surface area contributed by atoms with E-state index in [0.717, 1.165) is 21.4 Å². The molecule has 1 N–H and O–H groups in total. The molecule has 0 radical (unpaired) electrons. The molecule has 0 bridgehead atoms. The van der Waals surface area contributed by atoms with Gasteiger partial charge in [0.25, 0.3) is 0 Å². The van der Waals surface area contributed by atoms with Crippen LogP contribution in [0.3, 0.4) is 0 Å². The molecule has 2 nitrogen and oxygen atoms in total. The van der Waals surface area contributed by atoms with Gasteiger partial charge < -0.3 is 4.98 Å². The summed E-state index contributed by atoms with van der Waals surface area (Å²) in [7, 11) is -2.50. The van der Waals surface area contributed by atoms with Crippen molar-refractivity contribution >= 4 is 19.7 Å². The molecule has 0 amide bonds. The van der Waals surface area contributed by atoms with Crippen LogP contribution in [0.2, 0.25) is 0 Å². The van der Waals surface area contributed by atoms with Crippen molar-refractivity contribution in [3.05, 3.63) is 40.9 Å². The van der Waals surface area contributed by atoms with E-state index in [0.29, 0.717) is 5.70 Å². The molecule has 0 aliphatic carbocycles. The molecule has 1 aromatic heterocycles. The number of aromatic nitrogens is 1. The smallest absolute Gasteiger partial charge is 0.359 e. The molecule has 0 fully saturated rings. The van der Waals surface area contributed by atoms with Crippen LogP contribution >= 0.6 is 0 Å². The van der Waals surface area contributed by atoms with Gasteiger partial charge in [-0.2, -0.15) is 0 Å². The van der Waals surface area contributed by atoms with Crippen molar-refractivity contribution in [1.29, 1.82) is 0 Å². The quantitative estimate of drug-likeness (QED) is 0.775. The Labute approximate surface area is 107 Å². The van der Waals surface area contributed by atoms with Gasteiger partial charge in [-0.1, -0.05) is 13.8 Å². The number of hydrogen-bond acceptors (Lipinski definition) is 0. The van der Waals surface area contributed by atoms with Gasteiger partial charge in [0.2, 0.25) is 0 Å². The van der Waals surface area contributed by atoms with Crippen LogP contribution in [-0.2, 0) is 0 Å². The lowest BCUT2D eigenvalue weighted by atomic mass is 10.1. The van der Waals surface area contributed by atoms with E-state index in [9.17, 15) is 8.63 Å². The van der Waals surface area contributed by atoms with Crippen LogP contribution < -0.4 is 0 Å². The van der Waals surface area contributed by atoms with E-state index >= 15 is 0 Å². The fourth-order valence-electron chi connectivity index (χ4n) is 1.75. The number of nitrogens with zero attached hydrogens (tertiary/aromatic N) is 1. The van der Waals surface area contributed by atoms with E-state index in [1.807, 2.05) is 33.8 Å². The van der Waals surface area contributed by atoms with E-state index < -0.39 is 7.40 Å². The maximum absolute atomic E-state index is 12.6. The fraction of sp³-hybridized carbons (Fsp3) is 0.308. The lowest BCUT2D eigenvalue weighted by Crippen LogP contribution is -2.19. The molecular weight excluding hydrogens is 233 g/mol. The van der Waals surface area contributed by atoms with Gasteiger partial charge in [-0.25, -0.2) is 13.1 Å². The summed E-state index contributed by atoms with van der Waals surface area (Å²) in [6.45, 7) is 7.89. The Hall–Kier alpha value is -1.65. The summed E-state index contributed by atoms with van der Waals surface area (Å²) in [6.07, 6.45) is 6.39. The fourth-order valence-corrected chi connectivity index (χ4v) is 1.75. The molecule has 18 heavy (non-hydrogen) atoms. The van der Waals surface area contributed by atoms with Gasteiger partial charge in [-0.05, 0) is 25.5 Å². The number of hydrogen-bond donors (Lipinski definition) is 1. The highest BCUT2D eigenvalue weighted by molar-refractivity contribution is 6.34. The summed E-state index contributed by atoms with van der Waals surface area (Å²) in [4.78, 5) is 3.13. The first kappa shape index (κ1) is 14.4. The van der Waals surface area contributed by atoms with Gasteiger partial charge in [-0.15, -0.1) is 0 Å². The second-order valence-electron chi connectivity index (χ2n) is 3.81. The van der Waals surface area contributed by atoms with Crippen molar-refractivity contribution in [1.82, 2.24) is 4.98 Å². The number of H-pyrrole nitrogens is 1. The van der Waals surface area contributed by atoms with Gasteiger partial charge in [0.05, 0.1) is 0 Å². The molecule has 2 rings (SSSR count). The standard InChI is InChI=1S/C11H11BF2N2.C2H6/c1-8-6-9(2)15-11(8)7-10-4-3-5-16(10)12(13)14;1-2/h3-7H,1-2H3;1-2H3/p+1. The van der Waals surface area contributed by atoms with Crippen molar-refractivity contribution in [3.8, 4) is 0 Å². The predicted octanol–water partition coefficient (Wildman–Crippen LogP) is 3.58. The molecule has 0 unspecified atom stereocenters. The lowest BCUT2D eigenvalue weighted by Gasteiger charge is -1.95. The third kappa shape index (κ3) is 3.18. The van der Waals surface area contributed by atoms with Crippen molar-refractivity contribution in [2.45, 2.75) is 27.7 Å². The first-order valence-electron chi connectivity index (χ1n) is 6.04. The summed E-state index contributed by atoms with van der Waals surface area (Å²) in [5.41, 5.74) is 3.46. The first-order chi connectivity index (χ1) is 8.58. The summed E-state index contributed by atoms with van der Waals surface area (Å²) in [5, 5.41) is 0. The molecule has 0 atom stereocenters. The zero-order chi connectivity index (χ0) is 13.7. The summed E-state index contributed by atoms with van der Waals surface area (Å²) in [6, 6.07) is 1.99. The molecule has 1 aliphatic rings. The minimum atomic E-state index is -2.50. The van der Waals surface area contributed by atoms with Crippen LogP contribution in [0, 0.1) is 13.8 Å². The Morgan fingerprint density at radius 1 is 1.28 bits per heavy atom. The Bertz CT molecular complexity index is 499. The third-order valence-corrected chi connectivity index (χ3v) is 2.50. The number of aromatic amines is 1. The third-order valence-electron chi connectivity index (χ3n) is 2.50. The minimum absolute atomic E-state index is 0.500. The number of halogens is 2. The normalized spacial score (nSPS) is 15.4. The molecule has 1 aliphatic heterocycles. The highest BCUT2D eigenvalue weighted by atomic mass is 19.2. The van der Waals surface area contributed by atoms with Gasteiger partial charge in [0.15, 0.2) is 5.70 Å². The van der Waals surface area contributed by atoms with Gasteiger partial charge >= 0.3 is 7.40 Å². The van der Waals surface area contributed by atoms with Crippen LogP contribution in [0.1, 0.15) is 30.8 Å². The van der Waals surface area contributed by atoms with Gasteiger partial charge in [-0.3, -0.25) is 0 Å². The van der Waals surface area contributed by atoms with Crippen LogP contribution in [0.5, 0.6) is 0 Å².